The molecule has 17 N–H and O–H groups in total. The first-order valence-corrected chi connectivity index (χ1v) is 41.7. The number of para-hydroxylation sites is 3. The number of methoxy groups -OCH3 is 2. The van der Waals surface area contributed by atoms with Crippen molar-refractivity contribution in [2.24, 2.45) is 0 Å². The van der Waals surface area contributed by atoms with Crippen LogP contribution in [-0.4, -0.2) is 185 Å². The number of carbonyl (C=O) groups is 3. The average Bonchev–Trinajstić information content (AvgIpc) is 1.69. The molecule has 1 aliphatic rings. The zero-order valence-corrected chi connectivity index (χ0v) is 78.0. The summed E-state index contributed by atoms with van der Waals surface area (Å²) in [5, 5.41) is 172. The number of carboxylic acid groups (broad SMARTS) is 1. The Morgan fingerprint density at radius 1 is 0.444 bits per heavy atom. The summed E-state index contributed by atoms with van der Waals surface area (Å²) < 4.78 is 69.7. The molecule has 0 aliphatic carbocycles. The van der Waals surface area contributed by atoms with E-state index in [4.69, 9.17) is 62.0 Å². The Kier molecular flexibility index (Phi) is 41.2. The second-order valence-corrected chi connectivity index (χ2v) is 30.6. The van der Waals surface area contributed by atoms with Crippen LogP contribution in [0.5, 0.6) is 115 Å². The maximum atomic E-state index is 12.4. The molecule has 32 nitrogen and oxygen atoms in total. The number of aliphatic carboxylic acids is 1. The Hall–Kier alpha value is -13.7. The minimum Gasteiger partial charge on any atom is -0.870 e. The van der Waals surface area contributed by atoms with Gasteiger partial charge < -0.3 is 149 Å². The normalized spacial score (nSPS) is 13.4. The number of hydrogen-bond donors (Lipinski definition) is 16. The van der Waals surface area contributed by atoms with E-state index in [1.54, 1.807) is 122 Å². The van der Waals surface area contributed by atoms with Crippen LogP contribution in [0.2, 0.25) is 0 Å². The first kappa shape index (κ1) is 107. The number of ether oxygens (including phenoxy) is 12. The van der Waals surface area contributed by atoms with E-state index < -0.39 is 80.7 Å². The Labute approximate surface area is 820 Å². The van der Waals surface area contributed by atoms with Gasteiger partial charge in [0.15, 0.2) is 110 Å². The molecule has 135 heavy (non-hydrogen) atoms. The fourth-order valence-corrected chi connectivity index (χ4v) is 13.8. The standard InChI is InChI=1S/C64H64O17.C31H32O9.C6H8O4.CH2O.K.H2O/c1-35-8-15-45(16-9-35)76-33-59(62(72)41-14-21-52(50(69)27-41)78-57(31-65)39-13-20-48(67)37(3)22-39)81-54-24-38(12-19-49(54)68)23-40-6-5-7-53(61(40)71)79-60(34-77-46-17-10-36(2)11-18-46)64(74)47-30-51(70)55-28-42(47)25-44-26-43(58(32-66)80-55)29-56(75-4)63(44)73;1-19-7-11-22(12-8-19)38-18-30(40-26-6-4-3-5-23(26)33)31(36)21-10-14-27(25(35)15-21)39-29(17-32)20-9-13-24(34)28(16-20)37-2;7-5-10-4-2-1-3-6(8)9;1-2;;/h5-22,24,26-30,57-60,62,64-74H,23,25,31-34H2,1-4H3;3-16,29-36H,17-18H2,1-2H3;1-2,5H,3-4H2,(H,8,9);1H2;;1H2/q;;;;+1;/p-1/b;;2-1-;;;. The van der Waals surface area contributed by atoms with Crippen molar-refractivity contribution in [1.82, 2.24) is 0 Å². The van der Waals surface area contributed by atoms with Crippen molar-refractivity contribution in [3.63, 3.8) is 0 Å². The maximum Gasteiger partial charge on any atom is 1.00 e. The molecule has 13 rings (SSSR count). The molecule has 1 aliphatic heterocycles. The van der Waals surface area contributed by atoms with Crippen molar-refractivity contribution in [2.45, 2.75) is 102 Å². The van der Waals surface area contributed by atoms with E-state index >= 15 is 0 Å². The first-order chi connectivity index (χ1) is 64.0. The van der Waals surface area contributed by atoms with Crippen LogP contribution in [0.15, 0.2) is 243 Å². The van der Waals surface area contributed by atoms with Crippen molar-refractivity contribution < 1.29 is 210 Å². The molecule has 0 saturated carbocycles. The number of fused-ring (bicyclic) bond motifs is 4. The second kappa shape index (κ2) is 52.1. The van der Waals surface area contributed by atoms with Gasteiger partial charge in [-0.1, -0.05) is 120 Å². The van der Waals surface area contributed by atoms with Crippen LogP contribution < -0.4 is 103 Å². The van der Waals surface area contributed by atoms with Gasteiger partial charge in [0.05, 0.1) is 40.5 Å². The van der Waals surface area contributed by atoms with Crippen molar-refractivity contribution >= 4 is 19.2 Å². The number of benzene rings is 12. The van der Waals surface area contributed by atoms with E-state index in [2.05, 4.69) is 4.74 Å². The monoisotopic (exact) mass is 1880 g/mol. The van der Waals surface area contributed by atoms with Crippen molar-refractivity contribution in [3.8, 4) is 115 Å². The summed E-state index contributed by atoms with van der Waals surface area (Å²) in [6, 6.07) is 61.7. The van der Waals surface area contributed by atoms with Crippen molar-refractivity contribution in [2.75, 3.05) is 60.5 Å². The van der Waals surface area contributed by atoms with Crippen LogP contribution in [0.25, 0.3) is 0 Å². The Bertz CT molecular complexity index is 5860. The fraction of sp³-hybridized carbons (Fsp3) is 0.245. The number of aryl methyl sites for hydroxylation is 4. The van der Waals surface area contributed by atoms with Crippen LogP contribution in [0.4, 0.5) is 0 Å². The first-order valence-electron chi connectivity index (χ1n) is 41.7. The van der Waals surface area contributed by atoms with Gasteiger partial charge in [-0.25, -0.2) is 0 Å². The molecule has 9 unspecified atom stereocenters. The van der Waals surface area contributed by atoms with Crippen LogP contribution in [-0.2, 0) is 32.0 Å². The average molecular weight is 1880 g/mol. The van der Waals surface area contributed by atoms with Crippen molar-refractivity contribution in [1.29, 1.82) is 0 Å². The molecule has 0 aromatic heterocycles. The summed E-state index contributed by atoms with van der Waals surface area (Å²) in [6.45, 7) is 8.12. The molecule has 0 saturated heterocycles. The third-order valence-electron chi connectivity index (χ3n) is 21.1. The number of aliphatic hydroxyl groups excluding tert-OH is 6. The molecule has 33 heteroatoms. The van der Waals surface area contributed by atoms with Gasteiger partial charge in [-0.3, -0.25) is 9.59 Å². The Morgan fingerprint density at radius 3 is 1.42 bits per heavy atom. The molecule has 4 bridgehead atoms. The summed E-state index contributed by atoms with van der Waals surface area (Å²) in [5.74, 6) is -0.549. The van der Waals surface area contributed by atoms with Gasteiger partial charge in [0.2, 0.25) is 0 Å². The molecule has 0 radical (unpaired) electrons. The Balaban J connectivity index is 0.000000344. The quantitative estimate of drug-likeness (QED) is 0.00736. The summed E-state index contributed by atoms with van der Waals surface area (Å²) in [5.41, 5.74) is 7.67. The van der Waals surface area contributed by atoms with Gasteiger partial charge in [-0.15, -0.1) is 0 Å². The van der Waals surface area contributed by atoms with Gasteiger partial charge in [-0.2, -0.15) is 0 Å². The zero-order chi connectivity index (χ0) is 96.0. The predicted molar refractivity (Wildman–Crippen MR) is 488 cm³/mol. The largest absolute Gasteiger partial charge is 1.00 e. The SMILES string of the molecule is C=O.COc1cc(C(CO)Oc2ccc(C(O)C(COc3ccc(C)cc3)Oc3ccccc3O)cc2O)ccc1O.COc1cc2cc(c1O)Cc1cc(c(O)cc1C(O)C(COc1ccc(C)cc1)Oc1cccc(Cc3ccc(O)c(OC(COc4ccc(C)cc4)C(O)c4ccc(OC(CO)c5ccc(O)c(C)c5)c(O)c4)c3)c1O)OC2CO.O=COC/C=C\CC(=O)O.[K+].[OH-]. The molecule has 9 atom stereocenters. The van der Waals surface area contributed by atoms with Crippen LogP contribution in [0.1, 0.15) is 121 Å². The third-order valence-corrected chi connectivity index (χ3v) is 21.1. The number of phenols is 9. The summed E-state index contributed by atoms with van der Waals surface area (Å²) >= 11 is 0. The van der Waals surface area contributed by atoms with Gasteiger partial charge in [0.25, 0.3) is 6.47 Å². The van der Waals surface area contributed by atoms with E-state index in [0.717, 1.165) is 16.7 Å². The minimum atomic E-state index is -1.54. The zero-order valence-electron chi connectivity index (χ0n) is 74.9. The van der Waals surface area contributed by atoms with E-state index in [1.807, 2.05) is 64.0 Å². The van der Waals surface area contributed by atoms with Gasteiger partial charge in [-0.05, 0) is 217 Å². The third kappa shape index (κ3) is 29.7. The summed E-state index contributed by atoms with van der Waals surface area (Å²) in [4.78, 5) is 27.4. The number of carbonyl (C=O) groups excluding carboxylic acids is 2. The smallest absolute Gasteiger partial charge is 0.870 e. The summed E-state index contributed by atoms with van der Waals surface area (Å²) in [6.07, 6.45) is -7.41. The molecule has 708 valence electrons. The second-order valence-electron chi connectivity index (χ2n) is 30.6. The van der Waals surface area contributed by atoms with Crippen LogP contribution in [0.3, 0.4) is 0 Å². The van der Waals surface area contributed by atoms with E-state index in [9.17, 15) is 86.2 Å². The molecular formula is C102H107KO32. The molecule has 1 heterocycles. The molecule has 12 aromatic rings. The van der Waals surface area contributed by atoms with E-state index in [0.29, 0.717) is 73.8 Å². The van der Waals surface area contributed by atoms with Gasteiger partial charge in [0.1, 0.15) is 92.8 Å². The number of carboxylic acids is 1. The maximum absolute atomic E-state index is 12.4. The molecular weight excluding hydrogens is 1780 g/mol. The molecule has 0 amide bonds. The van der Waals surface area contributed by atoms with Gasteiger partial charge >= 0.3 is 57.4 Å². The minimum absolute atomic E-state index is 0. The summed E-state index contributed by atoms with van der Waals surface area (Å²) in [7, 11) is 2.81. The molecule has 0 spiro atoms. The fourth-order valence-electron chi connectivity index (χ4n) is 13.8. The van der Waals surface area contributed by atoms with Crippen LogP contribution in [0, 0.1) is 27.7 Å². The number of aliphatic hydroxyl groups is 6. The number of aromatic hydroxyl groups is 9. The van der Waals surface area contributed by atoms with E-state index in [1.165, 1.54) is 105 Å². The molecule has 12 aromatic carbocycles. The molecule has 0 fully saturated rings. The Morgan fingerprint density at radius 2 is 0.919 bits per heavy atom. The number of phenolic OH excluding ortho intramolecular Hbond substituents is 9. The van der Waals surface area contributed by atoms with E-state index in [-0.39, 0.29) is 211 Å². The van der Waals surface area contributed by atoms with Crippen LogP contribution >= 0.6 is 0 Å². The topological polar surface area (TPSA) is 516 Å². The number of hydrogen-bond acceptors (Lipinski definition) is 31. The predicted octanol–water partition coefficient (Wildman–Crippen LogP) is 11.3. The number of rotatable bonds is 39. The van der Waals surface area contributed by atoms with Gasteiger partial charge in [0, 0.05) is 24.0 Å². The van der Waals surface area contributed by atoms with Crippen molar-refractivity contribution in [3.05, 3.63) is 321 Å².